The third-order valence-electron chi connectivity index (χ3n) is 2.60. The Kier molecular flexibility index (Phi) is 3.11. The molecule has 0 aliphatic rings. The highest BCUT2D eigenvalue weighted by Gasteiger charge is 2.05. The number of aromatic amines is 1. The molecule has 5 heteroatoms. The number of hydrogen-bond acceptors (Lipinski definition) is 4. The van der Waals surface area contributed by atoms with Gasteiger partial charge in [0.15, 0.2) is 0 Å². The van der Waals surface area contributed by atoms with E-state index < -0.39 is 5.69 Å². The summed E-state index contributed by atoms with van der Waals surface area (Å²) >= 11 is 0. The van der Waals surface area contributed by atoms with Crippen molar-refractivity contribution in [3.8, 4) is 6.07 Å². The maximum Gasteiger partial charge on any atom is 0.347 e. The molecule has 0 aliphatic carbocycles. The summed E-state index contributed by atoms with van der Waals surface area (Å²) in [5.41, 5.74) is 2.65. The molecule has 0 saturated carbocycles. The van der Waals surface area contributed by atoms with Gasteiger partial charge < -0.3 is 5.32 Å². The van der Waals surface area contributed by atoms with E-state index in [1.54, 1.807) is 0 Å². The van der Waals surface area contributed by atoms with Gasteiger partial charge >= 0.3 is 5.69 Å². The summed E-state index contributed by atoms with van der Waals surface area (Å²) in [7, 11) is 0. The van der Waals surface area contributed by atoms with E-state index in [1.807, 2.05) is 38.1 Å². The first-order chi connectivity index (χ1) is 8.60. The lowest BCUT2D eigenvalue weighted by Crippen LogP contribution is -2.14. The minimum absolute atomic E-state index is 0.184. The van der Waals surface area contributed by atoms with Crippen LogP contribution in [0.25, 0.3) is 0 Å². The molecule has 0 radical (unpaired) electrons. The number of para-hydroxylation sites is 1. The van der Waals surface area contributed by atoms with Crippen LogP contribution in [-0.2, 0) is 0 Å². The number of aromatic nitrogens is 2. The van der Waals surface area contributed by atoms with Crippen LogP contribution in [0.15, 0.2) is 29.1 Å². The number of anilines is 2. The van der Waals surface area contributed by atoms with Gasteiger partial charge in [-0.15, -0.1) is 0 Å². The molecular weight excluding hydrogens is 228 g/mol. The molecule has 18 heavy (non-hydrogen) atoms. The van der Waals surface area contributed by atoms with Crippen LogP contribution >= 0.6 is 0 Å². The minimum atomic E-state index is -0.539. The fourth-order valence-corrected chi connectivity index (χ4v) is 1.72. The Morgan fingerprint density at radius 3 is 2.61 bits per heavy atom. The summed E-state index contributed by atoms with van der Waals surface area (Å²) in [4.78, 5) is 17.4. The summed E-state index contributed by atoms with van der Waals surface area (Å²) in [6.07, 6.45) is 0. The second kappa shape index (κ2) is 4.72. The third kappa shape index (κ3) is 2.38. The molecule has 1 aromatic heterocycles. The van der Waals surface area contributed by atoms with E-state index in [2.05, 4.69) is 15.3 Å². The monoisotopic (exact) mass is 240 g/mol. The summed E-state index contributed by atoms with van der Waals surface area (Å²) in [6.45, 7) is 3.93. The Labute approximate surface area is 104 Å². The maximum absolute atomic E-state index is 11.3. The molecule has 0 bridgehead atoms. The highest BCUT2D eigenvalue weighted by molar-refractivity contribution is 5.64. The van der Waals surface area contributed by atoms with Gasteiger partial charge in [-0.1, -0.05) is 18.2 Å². The molecule has 2 rings (SSSR count). The molecule has 0 fully saturated rings. The topological polar surface area (TPSA) is 81.6 Å². The second-order valence-electron chi connectivity index (χ2n) is 3.99. The quantitative estimate of drug-likeness (QED) is 0.841. The Morgan fingerprint density at radius 2 is 2.00 bits per heavy atom. The average molecular weight is 240 g/mol. The van der Waals surface area contributed by atoms with Gasteiger partial charge in [-0.3, -0.25) is 4.98 Å². The van der Waals surface area contributed by atoms with Crippen molar-refractivity contribution in [3.63, 3.8) is 0 Å². The van der Waals surface area contributed by atoms with Crippen molar-refractivity contribution in [2.45, 2.75) is 13.8 Å². The lowest BCUT2D eigenvalue weighted by atomic mass is 10.1. The zero-order valence-electron chi connectivity index (χ0n) is 10.1. The van der Waals surface area contributed by atoms with Crippen LogP contribution in [0.3, 0.4) is 0 Å². The van der Waals surface area contributed by atoms with Crippen LogP contribution in [0.2, 0.25) is 0 Å². The first kappa shape index (κ1) is 11.9. The predicted molar refractivity (Wildman–Crippen MR) is 68.8 cm³/mol. The molecule has 5 nitrogen and oxygen atoms in total. The number of aryl methyl sites for hydroxylation is 2. The average Bonchev–Trinajstić information content (AvgIpc) is 2.33. The number of benzene rings is 1. The number of nitrogens with one attached hydrogen (secondary N) is 2. The third-order valence-corrected chi connectivity index (χ3v) is 2.60. The van der Waals surface area contributed by atoms with E-state index in [-0.39, 0.29) is 5.69 Å². The molecule has 0 spiro atoms. The fourth-order valence-electron chi connectivity index (χ4n) is 1.72. The van der Waals surface area contributed by atoms with Crippen molar-refractivity contribution < 1.29 is 0 Å². The summed E-state index contributed by atoms with van der Waals surface area (Å²) in [6, 6.07) is 9.29. The molecule has 90 valence electrons. The van der Waals surface area contributed by atoms with E-state index in [4.69, 9.17) is 5.26 Å². The zero-order chi connectivity index (χ0) is 13.1. The van der Waals surface area contributed by atoms with Gasteiger partial charge in [0.25, 0.3) is 0 Å². The molecule has 1 heterocycles. The lowest BCUT2D eigenvalue weighted by Gasteiger charge is -2.11. The summed E-state index contributed by atoms with van der Waals surface area (Å²) in [5.74, 6) is 0.368. The van der Waals surface area contributed by atoms with Crippen molar-refractivity contribution >= 4 is 11.5 Å². The van der Waals surface area contributed by atoms with Crippen LogP contribution < -0.4 is 11.0 Å². The first-order valence-electron chi connectivity index (χ1n) is 5.45. The largest absolute Gasteiger partial charge is 0.347 e. The standard InChI is InChI=1S/C13H12N4O/c1-8-4-3-5-9(2)12(8)16-11-6-10(7-14)15-13(18)17-11/h3-6H,1-2H3,(H2,15,16,17,18). The van der Waals surface area contributed by atoms with E-state index in [9.17, 15) is 4.79 Å². The number of hydrogen-bond donors (Lipinski definition) is 2. The molecule has 1 aromatic carbocycles. The number of nitrogens with zero attached hydrogens (tertiary/aromatic N) is 2. The lowest BCUT2D eigenvalue weighted by molar-refractivity contribution is 1.06. The van der Waals surface area contributed by atoms with Gasteiger partial charge in [0.1, 0.15) is 17.6 Å². The molecule has 0 aliphatic heterocycles. The Morgan fingerprint density at radius 1 is 1.33 bits per heavy atom. The second-order valence-corrected chi connectivity index (χ2v) is 3.99. The van der Waals surface area contributed by atoms with Crippen molar-refractivity contribution in [2.24, 2.45) is 0 Å². The van der Waals surface area contributed by atoms with Crippen molar-refractivity contribution in [3.05, 3.63) is 51.6 Å². The molecule has 0 amide bonds. The van der Waals surface area contributed by atoms with Crippen molar-refractivity contribution in [1.82, 2.24) is 9.97 Å². The normalized spacial score (nSPS) is 9.83. The van der Waals surface area contributed by atoms with Gasteiger partial charge in [-0.25, -0.2) is 4.79 Å². The van der Waals surface area contributed by atoms with Crippen molar-refractivity contribution in [1.29, 1.82) is 5.26 Å². The van der Waals surface area contributed by atoms with Crippen LogP contribution in [0.1, 0.15) is 16.8 Å². The van der Waals surface area contributed by atoms with E-state index in [1.165, 1.54) is 6.07 Å². The van der Waals surface area contributed by atoms with Crippen LogP contribution in [0, 0.1) is 25.2 Å². The molecule has 2 aromatic rings. The fraction of sp³-hybridized carbons (Fsp3) is 0.154. The zero-order valence-corrected chi connectivity index (χ0v) is 10.1. The number of H-pyrrole nitrogens is 1. The molecule has 2 N–H and O–H groups in total. The molecule has 0 atom stereocenters. The molecular formula is C13H12N4O. The van der Waals surface area contributed by atoms with E-state index in [0.717, 1.165) is 16.8 Å². The van der Waals surface area contributed by atoms with Gasteiger partial charge in [-0.2, -0.15) is 10.2 Å². The highest BCUT2D eigenvalue weighted by Crippen LogP contribution is 2.22. The maximum atomic E-state index is 11.3. The Bertz CT molecular complexity index is 662. The first-order valence-corrected chi connectivity index (χ1v) is 5.45. The van der Waals surface area contributed by atoms with E-state index in [0.29, 0.717) is 5.82 Å². The molecule has 0 unspecified atom stereocenters. The number of rotatable bonds is 2. The summed E-state index contributed by atoms with van der Waals surface area (Å²) < 4.78 is 0. The Balaban J connectivity index is 2.44. The van der Waals surface area contributed by atoms with Crippen LogP contribution in [0.5, 0.6) is 0 Å². The predicted octanol–water partition coefficient (Wildman–Crippen LogP) is 2.00. The van der Waals surface area contributed by atoms with Gasteiger partial charge in [-0.05, 0) is 25.0 Å². The van der Waals surface area contributed by atoms with Gasteiger partial charge in [0, 0.05) is 11.8 Å². The van der Waals surface area contributed by atoms with Gasteiger partial charge in [0.2, 0.25) is 0 Å². The summed E-state index contributed by atoms with van der Waals surface area (Å²) in [5, 5.41) is 11.9. The van der Waals surface area contributed by atoms with Crippen LogP contribution in [-0.4, -0.2) is 9.97 Å². The van der Waals surface area contributed by atoms with Gasteiger partial charge in [0.05, 0.1) is 0 Å². The van der Waals surface area contributed by atoms with E-state index >= 15 is 0 Å². The Hall–Kier alpha value is -2.61. The molecule has 0 saturated heterocycles. The van der Waals surface area contributed by atoms with Crippen molar-refractivity contribution in [2.75, 3.05) is 5.32 Å². The van der Waals surface area contributed by atoms with Crippen LogP contribution in [0.4, 0.5) is 11.5 Å². The number of nitriles is 1. The minimum Gasteiger partial charge on any atom is -0.340 e. The highest BCUT2D eigenvalue weighted by atomic mass is 16.1. The SMILES string of the molecule is Cc1cccc(C)c1Nc1cc(C#N)[nH]c(=O)n1. The smallest absolute Gasteiger partial charge is 0.340 e.